The minimum atomic E-state index is -0.396. The zero-order valence-electron chi connectivity index (χ0n) is 15.4. The van der Waals surface area contributed by atoms with Crippen molar-refractivity contribution in [1.82, 2.24) is 4.98 Å². The van der Waals surface area contributed by atoms with Gasteiger partial charge in [0.1, 0.15) is 5.82 Å². The largest absolute Gasteiger partial charge is 0.326 e. The molecule has 2 aromatic carbocycles. The lowest BCUT2D eigenvalue weighted by atomic mass is 10.1. The van der Waals surface area contributed by atoms with Gasteiger partial charge in [-0.15, -0.1) is 11.3 Å². The summed E-state index contributed by atoms with van der Waals surface area (Å²) in [4.78, 5) is 28.5. The van der Waals surface area contributed by atoms with Crippen LogP contribution in [0.5, 0.6) is 0 Å². The molecule has 0 aliphatic rings. The van der Waals surface area contributed by atoms with Gasteiger partial charge in [-0.3, -0.25) is 14.9 Å². The van der Waals surface area contributed by atoms with E-state index in [0.717, 1.165) is 17.8 Å². The number of nitrogens with zero attached hydrogens (tertiary/aromatic N) is 1. The van der Waals surface area contributed by atoms with Gasteiger partial charge in [0, 0.05) is 23.1 Å². The zero-order chi connectivity index (χ0) is 19.9. The van der Waals surface area contributed by atoms with Crippen LogP contribution in [0.2, 0.25) is 0 Å². The van der Waals surface area contributed by atoms with Gasteiger partial charge >= 0.3 is 0 Å². The second-order valence-corrected chi connectivity index (χ2v) is 7.06. The Morgan fingerprint density at radius 1 is 1.04 bits per heavy atom. The molecule has 0 spiro atoms. The fourth-order valence-electron chi connectivity index (χ4n) is 2.54. The summed E-state index contributed by atoms with van der Waals surface area (Å²) >= 11 is 1.29. The maximum atomic E-state index is 12.9. The van der Waals surface area contributed by atoms with Crippen LogP contribution in [0.4, 0.5) is 15.2 Å². The summed E-state index contributed by atoms with van der Waals surface area (Å²) in [6.45, 7) is 2.08. The van der Waals surface area contributed by atoms with E-state index >= 15 is 0 Å². The maximum absolute atomic E-state index is 12.9. The van der Waals surface area contributed by atoms with Crippen LogP contribution in [0.3, 0.4) is 0 Å². The fraction of sp³-hybridized carbons (Fsp3) is 0.190. The Hall–Kier alpha value is -3.06. The number of aryl methyl sites for hydroxylation is 2. The number of benzene rings is 2. The van der Waals surface area contributed by atoms with Crippen LogP contribution < -0.4 is 10.6 Å². The topological polar surface area (TPSA) is 71.1 Å². The van der Waals surface area contributed by atoms with Crippen molar-refractivity contribution in [3.63, 3.8) is 0 Å². The third kappa shape index (κ3) is 5.47. The SMILES string of the molecule is CCc1ccc(NC(=O)CCc2csc(NC(=O)c3ccc(F)cc3)n2)cc1. The summed E-state index contributed by atoms with van der Waals surface area (Å²) in [6, 6.07) is 13.1. The van der Waals surface area contributed by atoms with Gasteiger partial charge in [0.2, 0.25) is 5.91 Å². The highest BCUT2D eigenvalue weighted by atomic mass is 32.1. The minimum absolute atomic E-state index is 0.0888. The Balaban J connectivity index is 1.49. The summed E-state index contributed by atoms with van der Waals surface area (Å²) in [7, 11) is 0. The molecule has 0 radical (unpaired) electrons. The summed E-state index contributed by atoms with van der Waals surface area (Å²) in [5, 5.41) is 7.80. The summed E-state index contributed by atoms with van der Waals surface area (Å²) < 4.78 is 12.9. The molecule has 0 aliphatic carbocycles. The molecule has 0 fully saturated rings. The van der Waals surface area contributed by atoms with E-state index in [0.29, 0.717) is 23.5 Å². The van der Waals surface area contributed by atoms with Gasteiger partial charge in [0.05, 0.1) is 5.69 Å². The zero-order valence-corrected chi connectivity index (χ0v) is 16.2. The van der Waals surface area contributed by atoms with Crippen LogP contribution in [-0.2, 0) is 17.6 Å². The number of amides is 2. The monoisotopic (exact) mass is 397 g/mol. The Labute approximate surface area is 166 Å². The minimum Gasteiger partial charge on any atom is -0.326 e. The third-order valence-corrected chi connectivity index (χ3v) is 4.94. The number of hydrogen-bond acceptors (Lipinski definition) is 4. The molecule has 1 heterocycles. The molecule has 0 bridgehead atoms. The van der Waals surface area contributed by atoms with Gasteiger partial charge < -0.3 is 5.32 Å². The van der Waals surface area contributed by atoms with E-state index in [1.807, 2.05) is 29.6 Å². The van der Waals surface area contributed by atoms with Crippen molar-refractivity contribution in [3.8, 4) is 0 Å². The predicted octanol–water partition coefficient (Wildman–Crippen LogP) is 4.67. The van der Waals surface area contributed by atoms with E-state index in [4.69, 9.17) is 0 Å². The molecule has 2 amide bonds. The Morgan fingerprint density at radius 3 is 2.43 bits per heavy atom. The molecule has 28 heavy (non-hydrogen) atoms. The van der Waals surface area contributed by atoms with Crippen molar-refractivity contribution in [2.45, 2.75) is 26.2 Å². The molecule has 0 atom stereocenters. The Bertz CT molecular complexity index is 953. The molecule has 5 nitrogen and oxygen atoms in total. The number of rotatable bonds is 7. The molecule has 7 heteroatoms. The average molecular weight is 397 g/mol. The first kappa shape index (κ1) is 19.7. The van der Waals surface area contributed by atoms with Crippen LogP contribution in [-0.4, -0.2) is 16.8 Å². The van der Waals surface area contributed by atoms with Crippen molar-refractivity contribution in [1.29, 1.82) is 0 Å². The predicted molar refractivity (Wildman–Crippen MR) is 109 cm³/mol. The van der Waals surface area contributed by atoms with Gasteiger partial charge in [0.25, 0.3) is 5.91 Å². The molecular weight excluding hydrogens is 377 g/mol. The van der Waals surface area contributed by atoms with Crippen LogP contribution >= 0.6 is 11.3 Å². The number of nitrogens with one attached hydrogen (secondary N) is 2. The number of anilines is 2. The summed E-state index contributed by atoms with van der Waals surface area (Å²) in [5.74, 6) is -0.837. The molecule has 1 aromatic heterocycles. The van der Waals surface area contributed by atoms with E-state index in [-0.39, 0.29) is 11.8 Å². The number of carbonyl (C=O) groups is 2. The van der Waals surface area contributed by atoms with Crippen LogP contribution in [0.1, 0.15) is 35.0 Å². The van der Waals surface area contributed by atoms with E-state index in [9.17, 15) is 14.0 Å². The number of thiazole rings is 1. The molecule has 2 N–H and O–H groups in total. The van der Waals surface area contributed by atoms with Crippen LogP contribution in [0, 0.1) is 5.82 Å². The number of aromatic nitrogens is 1. The lowest BCUT2D eigenvalue weighted by molar-refractivity contribution is -0.116. The van der Waals surface area contributed by atoms with Gasteiger partial charge in [-0.1, -0.05) is 19.1 Å². The standard InChI is InChI=1S/C21H20FN3O2S/c1-2-14-3-9-17(10-4-14)23-19(26)12-11-18-13-28-21(24-18)25-20(27)15-5-7-16(22)8-6-15/h3-10,13H,2,11-12H2,1H3,(H,23,26)(H,24,25,27). The lowest BCUT2D eigenvalue weighted by Crippen LogP contribution is -2.13. The highest BCUT2D eigenvalue weighted by molar-refractivity contribution is 7.14. The number of carbonyl (C=O) groups excluding carboxylic acids is 2. The Kier molecular flexibility index (Phi) is 6.49. The van der Waals surface area contributed by atoms with E-state index in [1.54, 1.807) is 0 Å². The van der Waals surface area contributed by atoms with E-state index < -0.39 is 5.82 Å². The first-order valence-corrected chi connectivity index (χ1v) is 9.81. The van der Waals surface area contributed by atoms with Crippen molar-refractivity contribution in [3.05, 3.63) is 76.5 Å². The van der Waals surface area contributed by atoms with Gasteiger partial charge in [-0.05, 0) is 54.8 Å². The summed E-state index contributed by atoms with van der Waals surface area (Å²) in [6.07, 6.45) is 1.73. The Morgan fingerprint density at radius 2 is 1.75 bits per heavy atom. The first-order chi connectivity index (χ1) is 13.5. The molecule has 0 aliphatic heterocycles. The van der Waals surface area contributed by atoms with E-state index in [2.05, 4.69) is 22.5 Å². The van der Waals surface area contributed by atoms with Gasteiger partial charge in [0.15, 0.2) is 5.13 Å². The third-order valence-electron chi connectivity index (χ3n) is 4.13. The van der Waals surface area contributed by atoms with Crippen molar-refractivity contribution in [2.24, 2.45) is 0 Å². The summed E-state index contributed by atoms with van der Waals surface area (Å²) in [5.41, 5.74) is 3.07. The van der Waals surface area contributed by atoms with Crippen molar-refractivity contribution < 1.29 is 14.0 Å². The fourth-order valence-corrected chi connectivity index (χ4v) is 3.28. The van der Waals surface area contributed by atoms with Crippen molar-refractivity contribution in [2.75, 3.05) is 10.6 Å². The van der Waals surface area contributed by atoms with Gasteiger partial charge in [-0.2, -0.15) is 0 Å². The molecular formula is C21H20FN3O2S. The lowest BCUT2D eigenvalue weighted by Gasteiger charge is -2.05. The molecule has 144 valence electrons. The highest BCUT2D eigenvalue weighted by Gasteiger charge is 2.10. The maximum Gasteiger partial charge on any atom is 0.257 e. The normalized spacial score (nSPS) is 10.5. The molecule has 0 saturated carbocycles. The second-order valence-electron chi connectivity index (χ2n) is 6.20. The van der Waals surface area contributed by atoms with Crippen LogP contribution in [0.25, 0.3) is 0 Å². The number of hydrogen-bond donors (Lipinski definition) is 2. The smallest absolute Gasteiger partial charge is 0.257 e. The molecule has 3 aromatic rings. The molecule has 3 rings (SSSR count). The quantitative estimate of drug-likeness (QED) is 0.609. The van der Waals surface area contributed by atoms with Crippen LogP contribution in [0.15, 0.2) is 53.9 Å². The second kappa shape index (κ2) is 9.23. The molecule has 0 unspecified atom stereocenters. The first-order valence-electron chi connectivity index (χ1n) is 8.93. The number of halogens is 1. The average Bonchev–Trinajstić information content (AvgIpc) is 3.15. The van der Waals surface area contributed by atoms with Gasteiger partial charge in [-0.25, -0.2) is 9.37 Å². The highest BCUT2D eigenvalue weighted by Crippen LogP contribution is 2.18. The van der Waals surface area contributed by atoms with E-state index in [1.165, 1.54) is 41.2 Å². The van der Waals surface area contributed by atoms with Crippen molar-refractivity contribution >= 4 is 34.0 Å². The molecule has 0 saturated heterocycles.